The maximum Gasteiger partial charge on any atom is 0.315 e. The second-order valence-electron chi connectivity index (χ2n) is 10.5. The van der Waals surface area contributed by atoms with Crippen LogP contribution in [0.15, 0.2) is 48.6 Å². The van der Waals surface area contributed by atoms with E-state index in [1.807, 2.05) is 11.8 Å². The van der Waals surface area contributed by atoms with Crippen molar-refractivity contribution in [3.8, 4) is 0 Å². The summed E-state index contributed by atoms with van der Waals surface area (Å²) in [6.07, 6.45) is 29.9. The molecule has 0 aromatic rings. The summed E-state index contributed by atoms with van der Waals surface area (Å²) in [7, 11) is 0. The minimum absolute atomic E-state index is 0.0575. The molecule has 0 aromatic carbocycles. The van der Waals surface area contributed by atoms with Crippen molar-refractivity contribution in [3.05, 3.63) is 48.6 Å². The van der Waals surface area contributed by atoms with Crippen LogP contribution in [0.4, 0.5) is 4.79 Å². The molecule has 3 N–H and O–H groups in total. The normalized spacial score (nSPS) is 20.6. The fraction of sp³-hybridized carbons (Fsp3) is 0.656. The molecule has 0 spiro atoms. The number of fused-ring (bicyclic) bond motifs is 1. The fourth-order valence-corrected chi connectivity index (χ4v) is 6.50. The third kappa shape index (κ3) is 13.8. The van der Waals surface area contributed by atoms with Crippen molar-refractivity contribution in [1.29, 1.82) is 0 Å². The summed E-state index contributed by atoms with van der Waals surface area (Å²) in [4.78, 5) is 38.0. The Kier molecular flexibility index (Phi) is 18.2. The third-order valence-electron chi connectivity index (χ3n) is 7.21. The molecule has 224 valence electrons. The third-order valence-corrected chi connectivity index (χ3v) is 8.72. The lowest BCUT2D eigenvalue weighted by atomic mass is 10.0. The predicted molar refractivity (Wildman–Crippen MR) is 166 cm³/mol. The van der Waals surface area contributed by atoms with Gasteiger partial charge in [-0.3, -0.25) is 14.5 Å². The Balaban J connectivity index is 1.52. The van der Waals surface area contributed by atoms with Crippen LogP contribution in [0.2, 0.25) is 0 Å². The first-order valence-electron chi connectivity index (χ1n) is 15.3. The number of thioether (sulfide) groups is 1. The Morgan fingerprint density at radius 1 is 0.850 bits per heavy atom. The maximum absolute atomic E-state index is 12.7. The monoisotopic (exact) mass is 573 g/mol. The average molecular weight is 574 g/mol. The first-order valence-corrected chi connectivity index (χ1v) is 16.3. The van der Waals surface area contributed by atoms with Gasteiger partial charge in [0.15, 0.2) is 0 Å². The van der Waals surface area contributed by atoms with Crippen molar-refractivity contribution in [2.24, 2.45) is 0 Å². The van der Waals surface area contributed by atoms with Gasteiger partial charge >= 0.3 is 6.03 Å². The fourth-order valence-electron chi connectivity index (χ4n) is 4.96. The molecule has 2 aliphatic rings. The van der Waals surface area contributed by atoms with Gasteiger partial charge in [0.25, 0.3) is 0 Å². The number of nitrogens with zero attached hydrogens (tertiary/aromatic N) is 1. The van der Waals surface area contributed by atoms with Crippen LogP contribution in [-0.2, 0) is 9.59 Å². The number of hydrogen-bond acceptors (Lipinski definition) is 5. The molecule has 0 unspecified atom stereocenters. The molecule has 3 atom stereocenters. The molecule has 8 heteroatoms. The zero-order valence-corrected chi connectivity index (χ0v) is 25.2. The highest BCUT2D eigenvalue weighted by Gasteiger charge is 2.42. The van der Waals surface area contributed by atoms with E-state index in [-0.39, 0.29) is 43.1 Å². The quantitative estimate of drug-likeness (QED) is 0.0862. The molecule has 0 radical (unpaired) electrons. The zero-order valence-electron chi connectivity index (χ0n) is 24.4. The topological polar surface area (TPSA) is 98.7 Å². The lowest BCUT2D eigenvalue weighted by molar-refractivity contribution is -0.145. The standard InChI is InChI=1S/C32H51N3O4S/c1-2-3-4-5-6-7-8-9-10-11-12-13-14-15-16-17-18-22-29(37)35(24-25-36)30(38)23-20-19-21-28-31-27(26-40-28)33-32(39)34-31/h6-7,9-10,12-13,15-16,27-28,31,36H,2-5,8,11,14,17-26H2,1H3,(H2,33,34,39)/b7-6-,10-9-,13-12-,16-15-/t27-,28-,31-/m0/s1. The summed E-state index contributed by atoms with van der Waals surface area (Å²) >= 11 is 1.87. The number of hydrogen-bond donors (Lipinski definition) is 3. The Morgan fingerprint density at radius 2 is 1.45 bits per heavy atom. The average Bonchev–Trinajstić information content (AvgIpc) is 3.50. The van der Waals surface area contributed by atoms with Gasteiger partial charge in [0.2, 0.25) is 11.8 Å². The molecule has 2 heterocycles. The number of unbranched alkanes of at least 4 members (excludes halogenated alkanes) is 5. The van der Waals surface area contributed by atoms with E-state index in [0.29, 0.717) is 30.9 Å². The number of urea groups is 1. The number of nitrogens with one attached hydrogen (secondary N) is 2. The van der Waals surface area contributed by atoms with Crippen LogP contribution in [0.3, 0.4) is 0 Å². The van der Waals surface area contributed by atoms with E-state index in [1.165, 1.54) is 30.6 Å². The van der Waals surface area contributed by atoms with Gasteiger partial charge in [0.1, 0.15) is 0 Å². The van der Waals surface area contributed by atoms with Crippen LogP contribution in [0.5, 0.6) is 0 Å². The van der Waals surface area contributed by atoms with Crippen molar-refractivity contribution >= 4 is 29.6 Å². The molecule has 2 saturated heterocycles. The Morgan fingerprint density at radius 3 is 2.08 bits per heavy atom. The van der Waals surface area contributed by atoms with Gasteiger partial charge < -0.3 is 15.7 Å². The van der Waals surface area contributed by atoms with E-state index >= 15 is 0 Å². The highest BCUT2D eigenvalue weighted by atomic mass is 32.2. The van der Waals surface area contributed by atoms with Crippen LogP contribution in [0.1, 0.15) is 96.8 Å². The second-order valence-corrected chi connectivity index (χ2v) is 11.8. The van der Waals surface area contributed by atoms with E-state index < -0.39 is 0 Å². The van der Waals surface area contributed by atoms with Gasteiger partial charge in [-0.05, 0) is 57.8 Å². The number of aliphatic hydroxyl groups excluding tert-OH is 1. The lowest BCUT2D eigenvalue weighted by Gasteiger charge is -2.20. The number of carbonyl (C=O) groups excluding carboxylic acids is 3. The second kappa shape index (κ2) is 21.4. The number of aliphatic hydroxyl groups is 1. The Labute approximate surface area is 246 Å². The summed E-state index contributed by atoms with van der Waals surface area (Å²) in [5, 5.41) is 15.7. The van der Waals surface area contributed by atoms with Gasteiger partial charge in [-0.1, -0.05) is 74.8 Å². The number of rotatable bonds is 21. The molecular formula is C32H51N3O4S. The lowest BCUT2D eigenvalue weighted by Crippen LogP contribution is -2.39. The smallest absolute Gasteiger partial charge is 0.315 e. The molecule has 40 heavy (non-hydrogen) atoms. The number of allylic oxidation sites excluding steroid dienone is 8. The van der Waals surface area contributed by atoms with E-state index in [1.54, 1.807) is 0 Å². The highest BCUT2D eigenvalue weighted by molar-refractivity contribution is 8.00. The van der Waals surface area contributed by atoms with E-state index in [0.717, 1.165) is 44.3 Å². The summed E-state index contributed by atoms with van der Waals surface area (Å²) < 4.78 is 0. The Bertz CT molecular complexity index is 870. The minimum atomic E-state index is -0.219. The van der Waals surface area contributed by atoms with Gasteiger partial charge in [-0.15, -0.1) is 0 Å². The van der Waals surface area contributed by atoms with Gasteiger partial charge in [-0.25, -0.2) is 4.79 Å². The Hall–Kier alpha value is -2.32. The summed E-state index contributed by atoms with van der Waals surface area (Å²) in [5.41, 5.74) is 0. The number of amides is 4. The maximum atomic E-state index is 12.7. The van der Waals surface area contributed by atoms with Crippen molar-refractivity contribution in [3.63, 3.8) is 0 Å². The molecule has 0 bridgehead atoms. The van der Waals surface area contributed by atoms with Crippen molar-refractivity contribution < 1.29 is 19.5 Å². The highest BCUT2D eigenvalue weighted by Crippen LogP contribution is 2.33. The zero-order chi connectivity index (χ0) is 28.8. The van der Waals surface area contributed by atoms with E-state index in [4.69, 9.17) is 0 Å². The van der Waals surface area contributed by atoms with Crippen LogP contribution in [-0.4, -0.2) is 64.1 Å². The first-order chi connectivity index (χ1) is 19.6. The summed E-state index contributed by atoms with van der Waals surface area (Å²) in [6, 6.07) is 0.291. The summed E-state index contributed by atoms with van der Waals surface area (Å²) in [5.74, 6) is 0.515. The molecule has 7 nitrogen and oxygen atoms in total. The number of carbonyl (C=O) groups is 3. The minimum Gasteiger partial charge on any atom is -0.395 e. The van der Waals surface area contributed by atoms with Gasteiger partial charge in [0, 0.05) is 23.8 Å². The van der Waals surface area contributed by atoms with Crippen LogP contribution in [0, 0.1) is 0 Å². The predicted octanol–water partition coefficient (Wildman–Crippen LogP) is 6.21. The molecule has 4 amide bonds. The molecule has 2 aliphatic heterocycles. The van der Waals surface area contributed by atoms with Crippen LogP contribution < -0.4 is 10.6 Å². The van der Waals surface area contributed by atoms with E-state index in [9.17, 15) is 19.5 Å². The molecule has 2 rings (SSSR count). The SMILES string of the molecule is CCCCC/C=C\C/C=C\C/C=C\C/C=C\CCCC(=O)N(CCO)C(=O)CCCC[C@@H]1SC[C@@H]2NC(=O)N[C@@H]21. The molecule has 0 saturated carbocycles. The summed E-state index contributed by atoms with van der Waals surface area (Å²) in [6.45, 7) is 2.07. The molecule has 2 fully saturated rings. The first kappa shape index (κ1) is 33.9. The van der Waals surface area contributed by atoms with Crippen molar-refractivity contribution in [1.82, 2.24) is 15.5 Å². The van der Waals surface area contributed by atoms with Crippen molar-refractivity contribution in [2.75, 3.05) is 18.9 Å². The molecule has 0 aromatic heterocycles. The van der Waals surface area contributed by atoms with Gasteiger partial charge in [0.05, 0.1) is 25.2 Å². The largest absolute Gasteiger partial charge is 0.395 e. The van der Waals surface area contributed by atoms with Gasteiger partial charge in [-0.2, -0.15) is 11.8 Å². The van der Waals surface area contributed by atoms with Crippen LogP contribution in [0.25, 0.3) is 0 Å². The van der Waals surface area contributed by atoms with Crippen molar-refractivity contribution in [2.45, 2.75) is 114 Å². The number of imide groups is 1. The molecular weight excluding hydrogens is 522 g/mol. The van der Waals surface area contributed by atoms with E-state index in [2.05, 4.69) is 66.2 Å². The van der Waals surface area contributed by atoms with Crippen LogP contribution >= 0.6 is 11.8 Å². The molecule has 0 aliphatic carbocycles.